The Kier molecular flexibility index (Phi) is 7.80. The second-order valence-corrected chi connectivity index (χ2v) is 5.48. The molecule has 0 aromatic rings. The summed E-state index contributed by atoms with van der Waals surface area (Å²) in [5.41, 5.74) is 0.454. The van der Waals surface area contributed by atoms with Gasteiger partial charge < -0.3 is 9.84 Å². The average Bonchev–Trinajstić information content (AvgIpc) is 2.63. The number of ether oxygens (including phenoxy) is 1. The first-order valence-electron chi connectivity index (χ1n) is 7.76. The third-order valence-corrected chi connectivity index (χ3v) is 3.71. The van der Waals surface area contributed by atoms with Crippen LogP contribution >= 0.6 is 0 Å². The minimum atomic E-state index is -0.735. The SMILES string of the molecule is CCCCCCCCCC/C=C1/C(=O)O[C@@H](C)[C@@H]1O. The zero-order chi connectivity index (χ0) is 14.1. The van der Waals surface area contributed by atoms with Crippen LogP contribution in [0.25, 0.3) is 0 Å². The second kappa shape index (κ2) is 9.13. The standard InChI is InChI=1S/C16H28O3/c1-3-4-5-6-7-8-9-10-11-12-14-15(17)13(2)19-16(14)18/h12-13,15,17H,3-11H2,1-2H3/b14-12+/t13-,15-/m0/s1. The first-order valence-corrected chi connectivity index (χ1v) is 7.76. The summed E-state index contributed by atoms with van der Waals surface area (Å²) in [5, 5.41) is 9.74. The number of unbranched alkanes of at least 4 members (excludes halogenated alkanes) is 8. The molecule has 0 spiro atoms. The van der Waals surface area contributed by atoms with Crippen LogP contribution in [0.3, 0.4) is 0 Å². The van der Waals surface area contributed by atoms with Gasteiger partial charge in [-0.3, -0.25) is 0 Å². The summed E-state index contributed by atoms with van der Waals surface area (Å²) in [6.45, 7) is 3.95. The summed E-state index contributed by atoms with van der Waals surface area (Å²) in [4.78, 5) is 11.4. The van der Waals surface area contributed by atoms with Gasteiger partial charge in [0.15, 0.2) is 0 Å². The molecule has 2 atom stereocenters. The molecule has 1 aliphatic heterocycles. The number of esters is 1. The molecule has 1 heterocycles. The minimum absolute atomic E-state index is 0.348. The molecule has 1 fully saturated rings. The van der Waals surface area contributed by atoms with Crippen molar-refractivity contribution in [3.05, 3.63) is 11.6 Å². The van der Waals surface area contributed by atoms with Crippen LogP contribution in [0.5, 0.6) is 0 Å². The maximum Gasteiger partial charge on any atom is 0.336 e. The molecule has 0 radical (unpaired) electrons. The fourth-order valence-corrected chi connectivity index (χ4v) is 2.41. The van der Waals surface area contributed by atoms with Crippen molar-refractivity contribution >= 4 is 5.97 Å². The number of cyclic esters (lactones) is 1. The molecule has 110 valence electrons. The van der Waals surface area contributed by atoms with Crippen molar-refractivity contribution < 1.29 is 14.6 Å². The predicted molar refractivity (Wildman–Crippen MR) is 76.9 cm³/mol. The quantitative estimate of drug-likeness (QED) is 0.393. The van der Waals surface area contributed by atoms with Gasteiger partial charge in [0.1, 0.15) is 12.2 Å². The Hall–Kier alpha value is -0.830. The Morgan fingerprint density at radius 2 is 1.68 bits per heavy atom. The maximum absolute atomic E-state index is 11.4. The molecule has 19 heavy (non-hydrogen) atoms. The number of hydrogen-bond donors (Lipinski definition) is 1. The highest BCUT2D eigenvalue weighted by Crippen LogP contribution is 2.21. The van der Waals surface area contributed by atoms with Crippen molar-refractivity contribution in [3.63, 3.8) is 0 Å². The second-order valence-electron chi connectivity index (χ2n) is 5.48. The first kappa shape index (κ1) is 16.2. The van der Waals surface area contributed by atoms with Crippen molar-refractivity contribution in [1.29, 1.82) is 0 Å². The number of hydrogen-bond acceptors (Lipinski definition) is 3. The van der Waals surface area contributed by atoms with E-state index < -0.39 is 12.2 Å². The highest BCUT2D eigenvalue weighted by molar-refractivity contribution is 5.92. The van der Waals surface area contributed by atoms with Crippen LogP contribution in [-0.2, 0) is 9.53 Å². The molecule has 1 N–H and O–H groups in total. The van der Waals surface area contributed by atoms with E-state index in [1.165, 1.54) is 44.9 Å². The fraction of sp³-hybridized carbons (Fsp3) is 0.812. The van der Waals surface area contributed by atoms with Gasteiger partial charge in [-0.05, 0) is 19.8 Å². The normalized spacial score (nSPS) is 25.0. The molecule has 3 nitrogen and oxygen atoms in total. The Bertz CT molecular complexity index is 296. The summed E-state index contributed by atoms with van der Waals surface area (Å²) in [6, 6.07) is 0. The van der Waals surface area contributed by atoms with Crippen LogP contribution in [-0.4, -0.2) is 23.3 Å². The van der Waals surface area contributed by atoms with E-state index in [9.17, 15) is 9.90 Å². The van der Waals surface area contributed by atoms with Crippen molar-refractivity contribution in [2.24, 2.45) is 0 Å². The molecular formula is C16H28O3. The van der Waals surface area contributed by atoms with Gasteiger partial charge in [0, 0.05) is 0 Å². The van der Waals surface area contributed by atoms with Crippen LogP contribution in [0.1, 0.15) is 71.6 Å². The number of carbonyl (C=O) groups is 1. The van der Waals surface area contributed by atoms with E-state index in [2.05, 4.69) is 6.92 Å². The topological polar surface area (TPSA) is 46.5 Å². The van der Waals surface area contributed by atoms with E-state index in [0.29, 0.717) is 5.57 Å². The van der Waals surface area contributed by atoms with E-state index in [1.54, 1.807) is 6.92 Å². The summed E-state index contributed by atoms with van der Waals surface area (Å²) in [7, 11) is 0. The van der Waals surface area contributed by atoms with Gasteiger partial charge in [0.05, 0.1) is 5.57 Å². The number of aliphatic hydroxyl groups is 1. The molecule has 3 heteroatoms. The molecule has 0 amide bonds. The lowest BCUT2D eigenvalue weighted by molar-refractivity contribution is -0.138. The maximum atomic E-state index is 11.4. The van der Waals surface area contributed by atoms with E-state index in [-0.39, 0.29) is 5.97 Å². The van der Waals surface area contributed by atoms with Gasteiger partial charge in [-0.25, -0.2) is 4.79 Å². The summed E-state index contributed by atoms with van der Waals surface area (Å²) in [5.74, 6) is -0.348. The highest BCUT2D eigenvalue weighted by Gasteiger charge is 2.34. The highest BCUT2D eigenvalue weighted by atomic mass is 16.6. The van der Waals surface area contributed by atoms with Crippen molar-refractivity contribution in [3.8, 4) is 0 Å². The third kappa shape index (κ3) is 5.77. The lowest BCUT2D eigenvalue weighted by Crippen LogP contribution is -2.17. The molecule has 0 saturated carbocycles. The predicted octanol–water partition coefficient (Wildman–Crippen LogP) is 3.75. The molecular weight excluding hydrogens is 240 g/mol. The van der Waals surface area contributed by atoms with Crippen LogP contribution in [0.2, 0.25) is 0 Å². The fourth-order valence-electron chi connectivity index (χ4n) is 2.41. The number of allylic oxidation sites excluding steroid dienone is 1. The lowest BCUT2D eigenvalue weighted by Gasteiger charge is -2.04. The Morgan fingerprint density at radius 3 is 2.21 bits per heavy atom. The Balaban J connectivity index is 2.05. The molecule has 1 aliphatic rings. The Morgan fingerprint density at radius 1 is 1.11 bits per heavy atom. The van der Waals surface area contributed by atoms with Crippen LogP contribution in [0.15, 0.2) is 11.6 Å². The molecule has 1 rings (SSSR count). The van der Waals surface area contributed by atoms with Crippen molar-refractivity contribution in [2.45, 2.75) is 83.8 Å². The van der Waals surface area contributed by atoms with Crippen LogP contribution in [0.4, 0.5) is 0 Å². The molecule has 0 aromatic carbocycles. The molecule has 0 aromatic heterocycles. The third-order valence-electron chi connectivity index (χ3n) is 3.71. The molecule has 0 aliphatic carbocycles. The van der Waals surface area contributed by atoms with Gasteiger partial charge in [0.2, 0.25) is 0 Å². The molecule has 1 saturated heterocycles. The zero-order valence-electron chi connectivity index (χ0n) is 12.4. The lowest BCUT2D eigenvalue weighted by atomic mass is 10.0. The van der Waals surface area contributed by atoms with Gasteiger partial charge in [0.25, 0.3) is 0 Å². The smallest absolute Gasteiger partial charge is 0.336 e. The zero-order valence-corrected chi connectivity index (χ0v) is 12.4. The van der Waals surface area contributed by atoms with Crippen LogP contribution < -0.4 is 0 Å². The van der Waals surface area contributed by atoms with Gasteiger partial charge in [-0.2, -0.15) is 0 Å². The number of carbonyl (C=O) groups excluding carboxylic acids is 1. The average molecular weight is 268 g/mol. The largest absolute Gasteiger partial charge is 0.456 e. The van der Waals surface area contributed by atoms with Crippen LogP contribution in [0, 0.1) is 0 Å². The minimum Gasteiger partial charge on any atom is -0.456 e. The molecule has 0 bridgehead atoms. The first-order chi connectivity index (χ1) is 9.16. The summed E-state index contributed by atoms with van der Waals surface area (Å²) < 4.78 is 4.96. The molecule has 0 unspecified atom stereocenters. The van der Waals surface area contributed by atoms with E-state index in [1.807, 2.05) is 6.08 Å². The Labute approximate surface area is 117 Å². The number of rotatable bonds is 9. The van der Waals surface area contributed by atoms with Gasteiger partial charge in [-0.15, -0.1) is 0 Å². The van der Waals surface area contributed by atoms with E-state index >= 15 is 0 Å². The summed E-state index contributed by atoms with van der Waals surface area (Å²) >= 11 is 0. The van der Waals surface area contributed by atoms with Gasteiger partial charge in [-0.1, -0.05) is 57.9 Å². The van der Waals surface area contributed by atoms with Crippen molar-refractivity contribution in [2.75, 3.05) is 0 Å². The monoisotopic (exact) mass is 268 g/mol. The van der Waals surface area contributed by atoms with Gasteiger partial charge >= 0.3 is 5.97 Å². The van der Waals surface area contributed by atoms with E-state index in [0.717, 1.165) is 12.8 Å². The summed E-state index contributed by atoms with van der Waals surface area (Å²) in [6.07, 6.45) is 11.8. The van der Waals surface area contributed by atoms with Crippen molar-refractivity contribution in [1.82, 2.24) is 0 Å². The van der Waals surface area contributed by atoms with E-state index in [4.69, 9.17) is 4.74 Å². The number of aliphatic hydroxyl groups excluding tert-OH is 1.